The molecule has 28 heavy (non-hydrogen) atoms. The lowest BCUT2D eigenvalue weighted by Crippen LogP contribution is -2.11. The van der Waals surface area contributed by atoms with Crippen LogP contribution in [0.15, 0.2) is 91.5 Å². The van der Waals surface area contributed by atoms with E-state index in [1.165, 1.54) is 12.5 Å². The summed E-state index contributed by atoms with van der Waals surface area (Å²) in [6.45, 7) is 0. The minimum absolute atomic E-state index is 0.197. The van der Waals surface area contributed by atoms with E-state index in [0.717, 1.165) is 16.9 Å². The van der Waals surface area contributed by atoms with Crippen LogP contribution in [0.4, 0.5) is 17.2 Å². The zero-order valence-electron chi connectivity index (χ0n) is 14.9. The maximum atomic E-state index is 12.2. The Balaban J connectivity index is 1.44. The van der Waals surface area contributed by atoms with Gasteiger partial charge in [0.15, 0.2) is 0 Å². The van der Waals surface area contributed by atoms with Gasteiger partial charge in [-0.25, -0.2) is 9.97 Å². The van der Waals surface area contributed by atoms with E-state index < -0.39 is 0 Å². The molecule has 2 aromatic carbocycles. The summed E-state index contributed by atoms with van der Waals surface area (Å²) in [7, 11) is 0. The predicted molar refractivity (Wildman–Crippen MR) is 109 cm³/mol. The van der Waals surface area contributed by atoms with Crippen molar-refractivity contribution in [2.75, 3.05) is 10.6 Å². The quantitative estimate of drug-likeness (QED) is 0.541. The summed E-state index contributed by atoms with van der Waals surface area (Å²) >= 11 is 0. The van der Waals surface area contributed by atoms with Gasteiger partial charge in [-0.3, -0.25) is 9.78 Å². The normalized spacial score (nSPS) is 10.3. The third-order valence-electron chi connectivity index (χ3n) is 4.08. The van der Waals surface area contributed by atoms with Gasteiger partial charge in [-0.2, -0.15) is 0 Å². The number of pyridine rings is 1. The van der Waals surface area contributed by atoms with Crippen LogP contribution in [0.1, 0.15) is 10.4 Å². The van der Waals surface area contributed by atoms with Crippen molar-refractivity contribution in [2.24, 2.45) is 0 Å². The van der Waals surface area contributed by atoms with E-state index >= 15 is 0 Å². The largest absolute Gasteiger partial charge is 0.340 e. The molecule has 2 aromatic heterocycles. The summed E-state index contributed by atoms with van der Waals surface area (Å²) in [5.74, 6) is 0.498. The maximum Gasteiger partial charge on any atom is 0.257 e. The highest BCUT2D eigenvalue weighted by molar-refractivity contribution is 6.04. The molecule has 0 fully saturated rings. The molecule has 0 aliphatic carbocycles. The molecule has 1 amide bonds. The SMILES string of the molecule is O=C(Nc1ccc(Nc2cc(-c3ccccc3)ncn2)cc1)c1cccnc1. The lowest BCUT2D eigenvalue weighted by atomic mass is 10.1. The molecule has 0 aliphatic heterocycles. The van der Waals surface area contributed by atoms with Crippen molar-refractivity contribution in [2.45, 2.75) is 0 Å². The second kappa shape index (κ2) is 8.09. The first-order valence-corrected chi connectivity index (χ1v) is 8.74. The van der Waals surface area contributed by atoms with Crippen molar-refractivity contribution in [3.05, 3.63) is 97.1 Å². The van der Waals surface area contributed by atoms with Crippen LogP contribution in [0, 0.1) is 0 Å². The molecule has 2 N–H and O–H groups in total. The van der Waals surface area contributed by atoms with Crippen molar-refractivity contribution in [3.8, 4) is 11.3 Å². The smallest absolute Gasteiger partial charge is 0.257 e. The number of benzene rings is 2. The molecule has 136 valence electrons. The second-order valence-corrected chi connectivity index (χ2v) is 6.05. The fourth-order valence-corrected chi connectivity index (χ4v) is 2.68. The number of aromatic nitrogens is 3. The average molecular weight is 367 g/mol. The zero-order valence-corrected chi connectivity index (χ0v) is 14.9. The fraction of sp³-hybridized carbons (Fsp3) is 0. The van der Waals surface area contributed by atoms with Gasteiger partial charge in [-0.15, -0.1) is 0 Å². The summed E-state index contributed by atoms with van der Waals surface area (Å²) in [5.41, 5.74) is 3.95. The van der Waals surface area contributed by atoms with Gasteiger partial charge in [0.2, 0.25) is 0 Å². The molecule has 6 nitrogen and oxygen atoms in total. The minimum atomic E-state index is -0.197. The molecule has 0 saturated carbocycles. The molecule has 4 rings (SSSR count). The molecule has 6 heteroatoms. The molecule has 0 aliphatic rings. The van der Waals surface area contributed by atoms with Crippen LogP contribution in [0.5, 0.6) is 0 Å². The first-order valence-electron chi connectivity index (χ1n) is 8.74. The Hall–Kier alpha value is -4.06. The summed E-state index contributed by atoms with van der Waals surface area (Å²) in [6, 6.07) is 22.7. The summed E-state index contributed by atoms with van der Waals surface area (Å²) < 4.78 is 0. The van der Waals surface area contributed by atoms with E-state index in [-0.39, 0.29) is 5.91 Å². The van der Waals surface area contributed by atoms with Crippen molar-refractivity contribution >= 4 is 23.1 Å². The van der Waals surface area contributed by atoms with Crippen LogP contribution < -0.4 is 10.6 Å². The Labute approximate surface area is 162 Å². The zero-order chi connectivity index (χ0) is 19.2. The Bertz CT molecular complexity index is 1070. The van der Waals surface area contributed by atoms with Crippen molar-refractivity contribution in [3.63, 3.8) is 0 Å². The first-order chi connectivity index (χ1) is 13.8. The number of amides is 1. The summed E-state index contributed by atoms with van der Waals surface area (Å²) in [5, 5.41) is 6.10. The highest BCUT2D eigenvalue weighted by atomic mass is 16.1. The lowest BCUT2D eigenvalue weighted by Gasteiger charge is -2.09. The fourth-order valence-electron chi connectivity index (χ4n) is 2.68. The molecular formula is C22H17N5O. The Morgan fingerprint density at radius 1 is 0.821 bits per heavy atom. The van der Waals surface area contributed by atoms with Gasteiger partial charge in [0.1, 0.15) is 12.1 Å². The Kier molecular flexibility index (Phi) is 5.02. The number of hydrogen-bond acceptors (Lipinski definition) is 5. The van der Waals surface area contributed by atoms with Crippen molar-refractivity contribution in [1.82, 2.24) is 15.0 Å². The molecule has 0 bridgehead atoms. The van der Waals surface area contributed by atoms with Gasteiger partial charge in [0.05, 0.1) is 11.3 Å². The standard InChI is InChI=1S/C22H17N5O/c28-22(17-7-4-12-23-14-17)27-19-10-8-18(9-11-19)26-21-13-20(24-15-25-21)16-5-2-1-3-6-16/h1-15H,(H,27,28)(H,24,25,26). The summed E-state index contributed by atoms with van der Waals surface area (Å²) in [4.78, 5) is 24.7. The minimum Gasteiger partial charge on any atom is -0.340 e. The highest BCUT2D eigenvalue weighted by Crippen LogP contribution is 2.22. The van der Waals surface area contributed by atoms with Gasteiger partial charge < -0.3 is 10.6 Å². The van der Waals surface area contributed by atoms with E-state index in [2.05, 4.69) is 25.6 Å². The average Bonchev–Trinajstić information content (AvgIpc) is 2.76. The number of nitrogens with one attached hydrogen (secondary N) is 2. The molecule has 0 radical (unpaired) electrons. The highest BCUT2D eigenvalue weighted by Gasteiger charge is 2.06. The third-order valence-corrected chi connectivity index (χ3v) is 4.08. The Morgan fingerprint density at radius 2 is 1.61 bits per heavy atom. The van der Waals surface area contributed by atoms with Gasteiger partial charge in [-0.1, -0.05) is 30.3 Å². The maximum absolute atomic E-state index is 12.2. The van der Waals surface area contributed by atoms with E-state index in [4.69, 9.17) is 0 Å². The van der Waals surface area contributed by atoms with Crippen molar-refractivity contribution < 1.29 is 4.79 Å². The van der Waals surface area contributed by atoms with Crippen LogP contribution in [0.3, 0.4) is 0 Å². The summed E-state index contributed by atoms with van der Waals surface area (Å²) in [6.07, 6.45) is 4.70. The van der Waals surface area contributed by atoms with Crippen LogP contribution in [-0.4, -0.2) is 20.9 Å². The number of carbonyl (C=O) groups excluding carboxylic acids is 1. The van der Waals surface area contributed by atoms with E-state index in [1.807, 2.05) is 60.7 Å². The van der Waals surface area contributed by atoms with E-state index in [9.17, 15) is 4.79 Å². The molecule has 0 spiro atoms. The molecule has 0 unspecified atom stereocenters. The Morgan fingerprint density at radius 3 is 2.36 bits per heavy atom. The lowest BCUT2D eigenvalue weighted by molar-refractivity contribution is 0.102. The predicted octanol–water partition coefficient (Wildman–Crippen LogP) is 4.53. The van der Waals surface area contributed by atoms with E-state index in [0.29, 0.717) is 17.1 Å². The molecular weight excluding hydrogens is 350 g/mol. The molecule has 0 saturated heterocycles. The monoisotopic (exact) mass is 367 g/mol. The van der Waals surface area contributed by atoms with Gasteiger partial charge in [0, 0.05) is 35.4 Å². The number of rotatable bonds is 5. The van der Waals surface area contributed by atoms with Crippen LogP contribution in [-0.2, 0) is 0 Å². The third kappa shape index (κ3) is 4.19. The number of hydrogen-bond donors (Lipinski definition) is 2. The number of anilines is 3. The van der Waals surface area contributed by atoms with E-state index in [1.54, 1.807) is 18.3 Å². The second-order valence-electron chi connectivity index (χ2n) is 6.05. The van der Waals surface area contributed by atoms with Gasteiger partial charge >= 0.3 is 0 Å². The van der Waals surface area contributed by atoms with Gasteiger partial charge in [-0.05, 0) is 36.4 Å². The van der Waals surface area contributed by atoms with Gasteiger partial charge in [0.25, 0.3) is 5.91 Å². The van der Waals surface area contributed by atoms with Crippen LogP contribution >= 0.6 is 0 Å². The molecule has 2 heterocycles. The van der Waals surface area contributed by atoms with Crippen LogP contribution in [0.2, 0.25) is 0 Å². The van der Waals surface area contributed by atoms with Crippen LogP contribution in [0.25, 0.3) is 11.3 Å². The number of nitrogens with zero attached hydrogens (tertiary/aromatic N) is 3. The first kappa shape index (κ1) is 17.4. The topological polar surface area (TPSA) is 79.8 Å². The van der Waals surface area contributed by atoms with Crippen molar-refractivity contribution in [1.29, 1.82) is 0 Å². The number of carbonyl (C=O) groups is 1. The molecule has 0 atom stereocenters. The molecule has 4 aromatic rings.